The fraction of sp³-hybridized carbons (Fsp3) is 0.463. The average Bonchev–Trinajstić information content (AvgIpc) is 4.04. The summed E-state index contributed by atoms with van der Waals surface area (Å²) in [4.78, 5) is 72.0. The Morgan fingerprint density at radius 3 is 2.04 bits per heavy atom. The molecule has 15 heteroatoms. The number of rotatable bonds is 12. The molecule has 6 heterocycles. The number of aromatic nitrogens is 4. The molecule has 5 aromatic rings. The molecule has 296 valence electrons. The predicted octanol–water partition coefficient (Wildman–Crippen LogP) is 7.48. The SMILES string of the molecule is COC(=O)C[C@H](C(=O)N1CCC[C@H]1c1ncc(-c2ccc(-c3cc4sc(-c5cnc([C@@H]6CCCN6C(=O)C(NC(=O)OC)C(C)C)[nH]5)cc4o3)cc2)[nH]1)C(C)C. The van der Waals surface area contributed by atoms with Crippen molar-refractivity contribution in [2.45, 2.75) is 77.9 Å². The van der Waals surface area contributed by atoms with Crippen LogP contribution in [0.1, 0.15) is 83.5 Å². The molecular formula is C41H49N7O7S. The van der Waals surface area contributed by atoms with Crippen LogP contribution in [0.25, 0.3) is 43.4 Å². The normalized spacial score (nSPS) is 18.2. The van der Waals surface area contributed by atoms with Crippen molar-refractivity contribution in [3.05, 3.63) is 60.4 Å². The summed E-state index contributed by atoms with van der Waals surface area (Å²) >= 11 is 1.60. The van der Waals surface area contributed by atoms with Crippen LogP contribution in [0.5, 0.6) is 0 Å². The first kappa shape index (κ1) is 38.8. The van der Waals surface area contributed by atoms with Gasteiger partial charge in [-0.15, -0.1) is 11.3 Å². The number of esters is 1. The number of nitrogens with zero attached hydrogens (tertiary/aromatic N) is 4. The van der Waals surface area contributed by atoms with E-state index in [9.17, 15) is 19.2 Å². The topological polar surface area (TPSA) is 176 Å². The molecule has 14 nitrogen and oxygen atoms in total. The first-order chi connectivity index (χ1) is 26.9. The molecule has 4 aromatic heterocycles. The number of nitrogens with one attached hydrogen (secondary N) is 3. The lowest BCUT2D eigenvalue weighted by Crippen LogP contribution is -2.51. The Bertz CT molecular complexity index is 2170. The minimum atomic E-state index is -0.693. The molecule has 7 rings (SSSR count). The highest BCUT2D eigenvalue weighted by molar-refractivity contribution is 7.22. The molecule has 56 heavy (non-hydrogen) atoms. The minimum Gasteiger partial charge on any atom is -0.469 e. The van der Waals surface area contributed by atoms with Crippen LogP contribution < -0.4 is 5.32 Å². The van der Waals surface area contributed by atoms with Crippen LogP contribution in [0.15, 0.2) is 53.2 Å². The van der Waals surface area contributed by atoms with Crippen molar-refractivity contribution in [1.29, 1.82) is 0 Å². The largest absolute Gasteiger partial charge is 0.469 e. The molecule has 0 spiro atoms. The van der Waals surface area contributed by atoms with Crippen molar-refractivity contribution in [3.63, 3.8) is 0 Å². The number of hydrogen-bond donors (Lipinski definition) is 3. The molecule has 4 atom stereocenters. The second kappa shape index (κ2) is 16.3. The van der Waals surface area contributed by atoms with Gasteiger partial charge in [-0.1, -0.05) is 52.0 Å². The van der Waals surface area contributed by atoms with Crippen molar-refractivity contribution in [2.75, 3.05) is 27.3 Å². The molecule has 2 aliphatic rings. The molecule has 1 unspecified atom stereocenters. The summed E-state index contributed by atoms with van der Waals surface area (Å²) in [7, 11) is 2.64. The van der Waals surface area contributed by atoms with E-state index in [1.807, 2.05) is 69.0 Å². The number of amides is 3. The second-order valence-electron chi connectivity index (χ2n) is 15.3. The third-order valence-corrected chi connectivity index (χ3v) is 12.1. The molecule has 2 aliphatic heterocycles. The third-order valence-electron chi connectivity index (χ3n) is 11.0. The van der Waals surface area contributed by atoms with Crippen molar-refractivity contribution in [2.24, 2.45) is 17.8 Å². The van der Waals surface area contributed by atoms with Gasteiger partial charge in [0, 0.05) is 30.8 Å². The zero-order valence-corrected chi connectivity index (χ0v) is 33.4. The molecule has 2 saturated heterocycles. The second-order valence-corrected chi connectivity index (χ2v) is 16.3. The van der Waals surface area contributed by atoms with Crippen molar-refractivity contribution in [1.82, 2.24) is 35.1 Å². The van der Waals surface area contributed by atoms with Gasteiger partial charge in [0.25, 0.3) is 0 Å². The lowest BCUT2D eigenvalue weighted by atomic mass is 9.91. The average molecular weight is 784 g/mol. The van der Waals surface area contributed by atoms with E-state index in [0.29, 0.717) is 18.9 Å². The van der Waals surface area contributed by atoms with Crippen molar-refractivity contribution < 1.29 is 33.1 Å². The maximum atomic E-state index is 13.6. The molecule has 0 saturated carbocycles. The zero-order chi connectivity index (χ0) is 39.7. The highest BCUT2D eigenvalue weighted by Crippen LogP contribution is 2.40. The Balaban J connectivity index is 1.02. The molecule has 1 aromatic carbocycles. The Morgan fingerprint density at radius 2 is 1.45 bits per heavy atom. The standard InChI is InChI=1S/C41H49N7O7S/c1-22(2)26(17-35(49)53-5)39(50)47-15-7-9-29(47)37-42-20-27(44-37)24-11-13-25(14-12-24)31-18-34-32(55-31)19-33(56-34)28-21-43-38(45-28)30-10-8-16-48(30)40(51)36(23(3)4)46-41(52)54-6/h11-14,18-23,26,29-30,36H,7-10,15-17H2,1-6H3,(H,42,44)(H,43,45)(H,46,52)/t26-,29-,30-,36?/m0/s1. The van der Waals surface area contributed by atoms with E-state index in [0.717, 1.165) is 74.9 Å². The molecule has 0 radical (unpaired) electrons. The summed E-state index contributed by atoms with van der Waals surface area (Å²) in [6.45, 7) is 8.93. The molecule has 3 amide bonds. The molecule has 2 fully saturated rings. The van der Waals surface area contributed by atoms with Gasteiger partial charge in [0.15, 0.2) is 0 Å². The monoisotopic (exact) mass is 783 g/mol. The van der Waals surface area contributed by atoms with Gasteiger partial charge >= 0.3 is 12.1 Å². The van der Waals surface area contributed by atoms with Crippen LogP contribution in [0.4, 0.5) is 4.79 Å². The number of benzene rings is 1. The number of hydrogen-bond acceptors (Lipinski definition) is 10. The number of likely N-dealkylation sites (tertiary alicyclic amines) is 2. The fourth-order valence-electron chi connectivity index (χ4n) is 7.80. The number of ether oxygens (including phenoxy) is 2. The van der Waals surface area contributed by atoms with Crippen LogP contribution in [-0.4, -0.2) is 87.0 Å². The Kier molecular flexibility index (Phi) is 11.3. The summed E-state index contributed by atoms with van der Waals surface area (Å²) in [5, 5.41) is 2.69. The van der Waals surface area contributed by atoms with E-state index in [-0.39, 0.29) is 48.1 Å². The number of carbonyl (C=O) groups is 4. The number of aromatic amines is 2. The van der Waals surface area contributed by atoms with Gasteiger partial charge in [-0.2, -0.15) is 0 Å². The van der Waals surface area contributed by atoms with Crippen LogP contribution in [0.2, 0.25) is 0 Å². The van der Waals surface area contributed by atoms with E-state index < -0.39 is 18.1 Å². The lowest BCUT2D eigenvalue weighted by Gasteiger charge is -2.30. The molecule has 3 N–H and O–H groups in total. The van der Waals surface area contributed by atoms with Crippen molar-refractivity contribution >= 4 is 45.5 Å². The highest BCUT2D eigenvalue weighted by atomic mass is 32.1. The van der Waals surface area contributed by atoms with Crippen LogP contribution in [0.3, 0.4) is 0 Å². The van der Waals surface area contributed by atoms with Crippen LogP contribution >= 0.6 is 11.3 Å². The van der Waals surface area contributed by atoms with Gasteiger partial charge < -0.3 is 39.0 Å². The van der Waals surface area contributed by atoms with E-state index in [4.69, 9.17) is 13.9 Å². The summed E-state index contributed by atoms with van der Waals surface area (Å²) in [6.07, 6.45) is 6.32. The predicted molar refractivity (Wildman–Crippen MR) is 211 cm³/mol. The maximum Gasteiger partial charge on any atom is 0.407 e. The number of imidazole rings is 2. The summed E-state index contributed by atoms with van der Waals surface area (Å²) in [5.74, 6) is 1.10. The first-order valence-corrected chi connectivity index (χ1v) is 20.0. The first-order valence-electron chi connectivity index (χ1n) is 19.2. The zero-order valence-electron chi connectivity index (χ0n) is 32.6. The third kappa shape index (κ3) is 7.81. The van der Waals surface area contributed by atoms with E-state index in [1.165, 1.54) is 14.2 Å². The molecule has 0 aliphatic carbocycles. The van der Waals surface area contributed by atoms with Gasteiger partial charge in [0.05, 0.1) is 72.0 Å². The lowest BCUT2D eigenvalue weighted by molar-refractivity contribution is -0.148. The smallest absolute Gasteiger partial charge is 0.407 e. The van der Waals surface area contributed by atoms with Crippen LogP contribution in [-0.2, 0) is 23.9 Å². The molecule has 0 bridgehead atoms. The number of thiophene rings is 1. The van der Waals surface area contributed by atoms with E-state index in [1.54, 1.807) is 28.6 Å². The Labute approximate surface area is 329 Å². The number of fused-ring (bicyclic) bond motifs is 1. The van der Waals surface area contributed by atoms with Gasteiger partial charge in [-0.25, -0.2) is 14.8 Å². The number of H-pyrrole nitrogens is 2. The number of carbonyl (C=O) groups excluding carboxylic acids is 4. The van der Waals surface area contributed by atoms with Gasteiger partial charge in [0.1, 0.15) is 29.0 Å². The minimum absolute atomic E-state index is 0.00155. The summed E-state index contributed by atoms with van der Waals surface area (Å²) < 4.78 is 16.9. The van der Waals surface area contributed by atoms with Crippen molar-refractivity contribution in [3.8, 4) is 33.2 Å². The highest BCUT2D eigenvalue weighted by Gasteiger charge is 2.39. The molecular weight excluding hydrogens is 735 g/mol. The fourth-order valence-corrected chi connectivity index (χ4v) is 8.78. The Hall–Kier alpha value is -5.44. The number of alkyl carbamates (subject to hydrolysis) is 1. The number of methoxy groups -OCH3 is 2. The summed E-state index contributed by atoms with van der Waals surface area (Å²) in [5.41, 5.74) is 4.37. The maximum absolute atomic E-state index is 13.6. The van der Waals surface area contributed by atoms with E-state index in [2.05, 4.69) is 25.3 Å². The summed E-state index contributed by atoms with van der Waals surface area (Å²) in [6, 6.07) is 11.0. The number of furan rings is 1. The van der Waals surface area contributed by atoms with E-state index >= 15 is 0 Å². The Morgan fingerprint density at radius 1 is 0.839 bits per heavy atom. The quantitative estimate of drug-likeness (QED) is 0.108. The van der Waals surface area contributed by atoms with Crippen LogP contribution in [0, 0.1) is 17.8 Å². The van der Waals surface area contributed by atoms with Gasteiger partial charge in [-0.3, -0.25) is 14.4 Å². The van der Waals surface area contributed by atoms with Gasteiger partial charge in [-0.05, 0) is 43.1 Å². The van der Waals surface area contributed by atoms with Gasteiger partial charge in [0.2, 0.25) is 11.8 Å².